The van der Waals surface area contributed by atoms with Gasteiger partial charge in [0.2, 0.25) is 11.1 Å². The van der Waals surface area contributed by atoms with Crippen molar-refractivity contribution < 1.29 is 14.3 Å². The van der Waals surface area contributed by atoms with Crippen molar-refractivity contribution in [3.05, 3.63) is 17.3 Å². The van der Waals surface area contributed by atoms with E-state index in [-0.39, 0.29) is 18.2 Å². The highest BCUT2D eigenvalue weighted by atomic mass is 32.1. The molecule has 0 bridgehead atoms. The standard InChI is InChI=1S/C23H33N9O3S/c1-30-12-8-17(9-13-30)35-23(34)26-18-7-10-24-20(25-18)32-11-3-4-16(14-32)31(2)22(33)27-21-29-28-19(36-21)15-5-6-15/h7,10,15-17H,3-6,8-9,11-14H2,1-2H3,(H,27,29,33)(H,24,25,26,34)/t16-/m1/s1. The molecule has 13 heteroatoms. The summed E-state index contributed by atoms with van der Waals surface area (Å²) in [6.07, 6.45) is 6.79. The van der Waals surface area contributed by atoms with E-state index in [4.69, 9.17) is 4.74 Å². The van der Waals surface area contributed by atoms with Crippen LogP contribution in [-0.4, -0.2) is 94.5 Å². The number of rotatable bonds is 6. The summed E-state index contributed by atoms with van der Waals surface area (Å²) >= 11 is 1.45. The van der Waals surface area contributed by atoms with Crippen LogP contribution in [0.2, 0.25) is 0 Å². The first kappa shape index (κ1) is 24.6. The number of hydrogen-bond donors (Lipinski definition) is 2. The van der Waals surface area contributed by atoms with Crippen molar-refractivity contribution >= 4 is 40.4 Å². The predicted molar refractivity (Wildman–Crippen MR) is 137 cm³/mol. The summed E-state index contributed by atoms with van der Waals surface area (Å²) in [6, 6.07) is 1.44. The monoisotopic (exact) mass is 515 g/mol. The van der Waals surface area contributed by atoms with Gasteiger partial charge in [0, 0.05) is 45.3 Å². The van der Waals surface area contributed by atoms with E-state index >= 15 is 0 Å². The van der Waals surface area contributed by atoms with Gasteiger partial charge in [-0.15, -0.1) is 10.2 Å². The zero-order valence-electron chi connectivity index (χ0n) is 20.7. The molecule has 0 spiro atoms. The molecule has 2 aromatic rings. The molecule has 0 unspecified atom stereocenters. The van der Waals surface area contributed by atoms with Gasteiger partial charge in [-0.05, 0) is 51.6 Å². The van der Waals surface area contributed by atoms with Crippen molar-refractivity contribution in [2.24, 2.45) is 0 Å². The summed E-state index contributed by atoms with van der Waals surface area (Å²) in [7, 11) is 3.86. The Kier molecular flexibility index (Phi) is 7.46. The number of carbonyl (C=O) groups is 2. The Morgan fingerprint density at radius 2 is 1.92 bits per heavy atom. The number of likely N-dealkylation sites (N-methyl/N-ethyl adjacent to an activating group) is 1. The molecule has 1 saturated carbocycles. The molecular formula is C23H33N9O3S. The molecule has 2 saturated heterocycles. The van der Waals surface area contributed by atoms with Crippen molar-refractivity contribution in [1.29, 1.82) is 0 Å². The molecule has 36 heavy (non-hydrogen) atoms. The summed E-state index contributed by atoms with van der Waals surface area (Å²) in [6.45, 7) is 3.20. The Balaban J connectivity index is 1.14. The maximum absolute atomic E-state index is 12.8. The second-order valence-corrected chi connectivity index (χ2v) is 10.8. The van der Waals surface area contributed by atoms with Crippen molar-refractivity contribution in [2.45, 2.75) is 56.6 Å². The van der Waals surface area contributed by atoms with Crippen molar-refractivity contribution in [3.63, 3.8) is 0 Å². The maximum Gasteiger partial charge on any atom is 0.413 e. The third kappa shape index (κ3) is 6.19. The Labute approximate surface area is 214 Å². The van der Waals surface area contributed by atoms with Crippen LogP contribution < -0.4 is 15.5 Å². The van der Waals surface area contributed by atoms with Gasteiger partial charge in [0.1, 0.15) is 16.9 Å². The van der Waals surface area contributed by atoms with Gasteiger partial charge in [0.05, 0.1) is 6.04 Å². The Bertz CT molecular complexity index is 1070. The van der Waals surface area contributed by atoms with Crippen LogP contribution in [0.4, 0.5) is 26.5 Å². The van der Waals surface area contributed by atoms with Crippen LogP contribution in [0.3, 0.4) is 0 Å². The van der Waals surface area contributed by atoms with Crippen LogP contribution in [-0.2, 0) is 4.74 Å². The van der Waals surface area contributed by atoms with Crippen LogP contribution in [0.25, 0.3) is 0 Å². The fourth-order valence-corrected chi connectivity index (χ4v) is 5.44. The predicted octanol–water partition coefficient (Wildman–Crippen LogP) is 2.98. The number of piperidine rings is 2. The van der Waals surface area contributed by atoms with E-state index in [9.17, 15) is 9.59 Å². The summed E-state index contributed by atoms with van der Waals surface area (Å²) < 4.78 is 5.56. The molecular weight excluding hydrogens is 482 g/mol. The number of ether oxygens (including phenoxy) is 1. The first-order valence-corrected chi connectivity index (χ1v) is 13.4. The molecule has 3 fully saturated rings. The van der Waals surface area contributed by atoms with Gasteiger partial charge in [-0.3, -0.25) is 10.6 Å². The zero-order chi connectivity index (χ0) is 25.1. The quantitative estimate of drug-likeness (QED) is 0.596. The molecule has 194 valence electrons. The van der Waals surface area contributed by atoms with Crippen molar-refractivity contribution in [3.8, 4) is 0 Å². The second kappa shape index (κ2) is 10.9. The minimum absolute atomic E-state index is 0.0100. The number of aromatic nitrogens is 4. The average molecular weight is 516 g/mol. The van der Waals surface area contributed by atoms with Gasteiger partial charge in [0.25, 0.3) is 0 Å². The molecule has 2 aliphatic heterocycles. The lowest BCUT2D eigenvalue weighted by Gasteiger charge is -2.37. The van der Waals surface area contributed by atoms with Gasteiger partial charge in [-0.1, -0.05) is 11.3 Å². The minimum atomic E-state index is -0.497. The van der Waals surface area contributed by atoms with E-state index in [0.29, 0.717) is 29.4 Å². The highest BCUT2D eigenvalue weighted by Gasteiger charge is 2.30. The number of nitrogens with one attached hydrogen (secondary N) is 2. The van der Waals surface area contributed by atoms with Gasteiger partial charge in [0.15, 0.2) is 0 Å². The number of nitrogens with zero attached hydrogens (tertiary/aromatic N) is 7. The molecule has 5 rings (SSSR count). The Morgan fingerprint density at radius 3 is 2.69 bits per heavy atom. The fraction of sp³-hybridized carbons (Fsp3) is 0.652. The van der Waals surface area contributed by atoms with E-state index in [1.54, 1.807) is 24.2 Å². The summed E-state index contributed by atoms with van der Waals surface area (Å²) in [5, 5.41) is 15.5. The largest absolute Gasteiger partial charge is 0.446 e. The molecule has 0 aromatic carbocycles. The average Bonchev–Trinajstić information content (AvgIpc) is 3.64. The Morgan fingerprint density at radius 1 is 1.11 bits per heavy atom. The number of hydrogen-bond acceptors (Lipinski definition) is 10. The van der Waals surface area contributed by atoms with E-state index in [0.717, 1.165) is 63.2 Å². The van der Waals surface area contributed by atoms with Crippen LogP contribution in [0, 0.1) is 0 Å². The lowest BCUT2D eigenvalue weighted by atomic mass is 10.1. The molecule has 0 radical (unpaired) electrons. The molecule has 4 heterocycles. The molecule has 3 aliphatic rings. The highest BCUT2D eigenvalue weighted by molar-refractivity contribution is 7.15. The third-order valence-corrected chi connectivity index (χ3v) is 7.94. The summed E-state index contributed by atoms with van der Waals surface area (Å²) in [4.78, 5) is 40.1. The van der Waals surface area contributed by atoms with E-state index in [2.05, 4.69) is 42.7 Å². The summed E-state index contributed by atoms with van der Waals surface area (Å²) in [5.41, 5.74) is 0. The number of amides is 3. The SMILES string of the molecule is CN1CCC(OC(=O)Nc2ccnc(N3CCC[C@@H](N(C)C(=O)Nc4nnc(C5CC5)s4)C3)n2)CC1. The normalized spacial score (nSPS) is 21.2. The number of anilines is 3. The van der Waals surface area contributed by atoms with Gasteiger partial charge >= 0.3 is 12.1 Å². The zero-order valence-corrected chi connectivity index (χ0v) is 21.5. The minimum Gasteiger partial charge on any atom is -0.446 e. The first-order valence-electron chi connectivity index (χ1n) is 12.6. The lowest BCUT2D eigenvalue weighted by Crippen LogP contribution is -2.50. The van der Waals surface area contributed by atoms with Gasteiger partial charge in [-0.25, -0.2) is 14.6 Å². The molecule has 2 aromatic heterocycles. The molecule has 12 nitrogen and oxygen atoms in total. The Hall–Kier alpha value is -3.06. The summed E-state index contributed by atoms with van der Waals surface area (Å²) in [5.74, 6) is 1.43. The molecule has 3 amide bonds. The van der Waals surface area contributed by atoms with Crippen LogP contribution in [0.1, 0.15) is 49.5 Å². The topological polar surface area (TPSA) is 129 Å². The van der Waals surface area contributed by atoms with Crippen molar-refractivity contribution in [2.75, 3.05) is 55.8 Å². The highest BCUT2D eigenvalue weighted by Crippen LogP contribution is 2.42. The smallest absolute Gasteiger partial charge is 0.413 e. The molecule has 2 N–H and O–H groups in total. The van der Waals surface area contributed by atoms with Crippen LogP contribution >= 0.6 is 11.3 Å². The van der Waals surface area contributed by atoms with E-state index < -0.39 is 6.09 Å². The maximum atomic E-state index is 12.8. The third-order valence-electron chi connectivity index (χ3n) is 6.94. The van der Waals surface area contributed by atoms with Crippen molar-refractivity contribution in [1.82, 2.24) is 30.0 Å². The molecule has 1 atom stereocenters. The van der Waals surface area contributed by atoms with Crippen LogP contribution in [0.15, 0.2) is 12.3 Å². The number of likely N-dealkylation sites (tertiary alicyclic amines) is 1. The van der Waals surface area contributed by atoms with Gasteiger partial charge < -0.3 is 19.4 Å². The number of urea groups is 1. The van der Waals surface area contributed by atoms with Crippen LogP contribution in [0.5, 0.6) is 0 Å². The number of carbonyl (C=O) groups excluding carboxylic acids is 2. The second-order valence-electron chi connectivity index (χ2n) is 9.78. The fourth-order valence-electron chi connectivity index (χ4n) is 4.54. The van der Waals surface area contributed by atoms with E-state index in [1.165, 1.54) is 11.3 Å². The lowest BCUT2D eigenvalue weighted by molar-refractivity contribution is 0.0661. The van der Waals surface area contributed by atoms with E-state index in [1.807, 2.05) is 4.90 Å². The molecule has 1 aliphatic carbocycles. The van der Waals surface area contributed by atoms with Gasteiger partial charge in [-0.2, -0.15) is 4.98 Å². The first-order chi connectivity index (χ1) is 17.4.